The Morgan fingerprint density at radius 3 is 2.45 bits per heavy atom. The molecule has 0 atom stereocenters. The Bertz CT molecular complexity index is 632. The molecule has 0 bridgehead atoms. The number of para-hydroxylation sites is 1. The zero-order valence-corrected chi connectivity index (χ0v) is 10.6. The van der Waals surface area contributed by atoms with Crippen LogP contribution in [-0.2, 0) is 18.0 Å². The van der Waals surface area contributed by atoms with Crippen LogP contribution in [0.25, 0.3) is 0 Å². The summed E-state index contributed by atoms with van der Waals surface area (Å²) in [5.74, 6) is -0.348. The summed E-state index contributed by atoms with van der Waals surface area (Å²) >= 11 is 0. The van der Waals surface area contributed by atoms with Crippen LogP contribution in [0.3, 0.4) is 0 Å². The van der Waals surface area contributed by atoms with E-state index in [1.807, 2.05) is 0 Å². The molecule has 20 heavy (non-hydrogen) atoms. The highest BCUT2D eigenvalue weighted by Gasteiger charge is 2.14. The predicted octanol–water partition coefficient (Wildman–Crippen LogP) is 3.03. The molecule has 2 aromatic rings. The average Bonchev–Trinajstić information content (AvgIpc) is 2.42. The number of benzene rings is 2. The van der Waals surface area contributed by atoms with Crippen molar-refractivity contribution in [2.75, 3.05) is 5.73 Å². The Morgan fingerprint density at radius 1 is 1.10 bits per heavy atom. The summed E-state index contributed by atoms with van der Waals surface area (Å²) in [6, 6.07) is 10.8. The molecule has 0 aliphatic carbocycles. The molecule has 0 amide bonds. The van der Waals surface area contributed by atoms with Crippen LogP contribution >= 0.6 is 0 Å². The summed E-state index contributed by atoms with van der Waals surface area (Å²) in [6.07, 6.45) is 0. The molecule has 0 spiro atoms. The Kier molecular flexibility index (Phi) is 4.27. The van der Waals surface area contributed by atoms with E-state index in [1.165, 1.54) is 18.2 Å². The Morgan fingerprint density at radius 2 is 1.75 bits per heavy atom. The number of hydrogen-bond acceptors (Lipinski definition) is 4. The van der Waals surface area contributed by atoms with Gasteiger partial charge in [0, 0.05) is 17.2 Å². The molecule has 6 heteroatoms. The van der Waals surface area contributed by atoms with E-state index in [4.69, 9.17) is 10.5 Å². The highest BCUT2D eigenvalue weighted by atomic mass is 19.1. The lowest BCUT2D eigenvalue weighted by Crippen LogP contribution is -2.02. The number of nitro groups is 1. The Hall–Kier alpha value is -2.47. The summed E-state index contributed by atoms with van der Waals surface area (Å²) in [5.41, 5.74) is 6.55. The van der Waals surface area contributed by atoms with Gasteiger partial charge in [-0.1, -0.05) is 30.3 Å². The van der Waals surface area contributed by atoms with Gasteiger partial charge in [0.15, 0.2) is 0 Å². The van der Waals surface area contributed by atoms with Gasteiger partial charge in [-0.2, -0.15) is 0 Å². The second-order valence-corrected chi connectivity index (χ2v) is 4.19. The zero-order valence-electron chi connectivity index (χ0n) is 10.6. The molecule has 0 saturated carbocycles. The molecule has 5 nitrogen and oxygen atoms in total. The van der Waals surface area contributed by atoms with E-state index < -0.39 is 4.92 Å². The summed E-state index contributed by atoms with van der Waals surface area (Å²) in [6.45, 7) is 0.163. The van der Waals surface area contributed by atoms with Crippen molar-refractivity contribution in [3.05, 3.63) is 69.5 Å². The minimum absolute atomic E-state index is 0.0750. The van der Waals surface area contributed by atoms with Gasteiger partial charge in [-0.05, 0) is 6.07 Å². The van der Waals surface area contributed by atoms with Crippen molar-refractivity contribution in [2.45, 2.75) is 13.2 Å². The monoisotopic (exact) mass is 276 g/mol. The number of nitro benzene ring substituents is 1. The maximum Gasteiger partial charge on any atom is 0.292 e. The molecule has 0 radical (unpaired) electrons. The van der Waals surface area contributed by atoms with E-state index in [1.54, 1.807) is 24.3 Å². The number of hydrogen-bond donors (Lipinski definition) is 1. The highest BCUT2D eigenvalue weighted by molar-refractivity contribution is 5.62. The summed E-state index contributed by atoms with van der Waals surface area (Å²) < 4.78 is 18.7. The number of rotatable bonds is 5. The lowest BCUT2D eigenvalue weighted by atomic mass is 10.1. The summed E-state index contributed by atoms with van der Waals surface area (Å²) in [4.78, 5) is 10.2. The van der Waals surface area contributed by atoms with E-state index in [9.17, 15) is 14.5 Å². The summed E-state index contributed by atoms with van der Waals surface area (Å²) in [7, 11) is 0. The van der Waals surface area contributed by atoms with Crippen molar-refractivity contribution >= 4 is 11.4 Å². The molecule has 0 unspecified atom stereocenters. The van der Waals surface area contributed by atoms with Gasteiger partial charge >= 0.3 is 0 Å². The van der Waals surface area contributed by atoms with Crippen LogP contribution in [0.4, 0.5) is 15.8 Å². The van der Waals surface area contributed by atoms with Crippen LogP contribution in [0.2, 0.25) is 0 Å². The molecule has 2 N–H and O–H groups in total. The van der Waals surface area contributed by atoms with Gasteiger partial charge in [0.1, 0.15) is 11.5 Å². The van der Waals surface area contributed by atoms with Gasteiger partial charge in [-0.25, -0.2) is 4.39 Å². The van der Waals surface area contributed by atoms with E-state index in [-0.39, 0.29) is 30.4 Å². The zero-order chi connectivity index (χ0) is 14.5. The quantitative estimate of drug-likeness (QED) is 0.517. The molecule has 0 aliphatic heterocycles. The SMILES string of the molecule is Nc1c(COCc2ccccc2F)cccc1[N+](=O)[O-]. The lowest BCUT2D eigenvalue weighted by Gasteiger charge is -2.08. The molecular formula is C14H13FN2O3. The van der Waals surface area contributed by atoms with Crippen LogP contribution in [0.15, 0.2) is 42.5 Å². The van der Waals surface area contributed by atoms with Crippen molar-refractivity contribution in [1.29, 1.82) is 0 Å². The second-order valence-electron chi connectivity index (χ2n) is 4.19. The van der Waals surface area contributed by atoms with Crippen molar-refractivity contribution < 1.29 is 14.1 Å². The van der Waals surface area contributed by atoms with E-state index in [0.29, 0.717) is 11.1 Å². The topological polar surface area (TPSA) is 78.4 Å². The fraction of sp³-hybridized carbons (Fsp3) is 0.143. The first-order valence-electron chi connectivity index (χ1n) is 5.92. The van der Waals surface area contributed by atoms with Gasteiger partial charge < -0.3 is 10.5 Å². The third kappa shape index (κ3) is 3.10. The molecule has 2 rings (SSSR count). The van der Waals surface area contributed by atoms with Crippen LogP contribution in [0.1, 0.15) is 11.1 Å². The molecule has 0 aromatic heterocycles. The number of halogens is 1. The van der Waals surface area contributed by atoms with Crippen molar-refractivity contribution in [3.63, 3.8) is 0 Å². The minimum Gasteiger partial charge on any atom is -0.393 e. The largest absolute Gasteiger partial charge is 0.393 e. The molecule has 0 saturated heterocycles. The Balaban J connectivity index is 2.03. The first-order valence-corrected chi connectivity index (χ1v) is 5.92. The molecule has 0 heterocycles. The summed E-state index contributed by atoms with van der Waals surface area (Å²) in [5, 5.41) is 10.7. The van der Waals surface area contributed by atoms with Gasteiger partial charge in [0.2, 0.25) is 0 Å². The lowest BCUT2D eigenvalue weighted by molar-refractivity contribution is -0.384. The Labute approximate surface area is 114 Å². The third-order valence-electron chi connectivity index (χ3n) is 2.84. The van der Waals surface area contributed by atoms with Crippen molar-refractivity contribution in [1.82, 2.24) is 0 Å². The molecule has 0 fully saturated rings. The number of ether oxygens (including phenoxy) is 1. The molecule has 104 valence electrons. The van der Waals surface area contributed by atoms with Crippen LogP contribution in [-0.4, -0.2) is 4.92 Å². The first kappa shape index (κ1) is 14.0. The highest BCUT2D eigenvalue weighted by Crippen LogP contribution is 2.25. The minimum atomic E-state index is -0.546. The van der Waals surface area contributed by atoms with Crippen LogP contribution in [0.5, 0.6) is 0 Å². The third-order valence-corrected chi connectivity index (χ3v) is 2.84. The fourth-order valence-electron chi connectivity index (χ4n) is 1.77. The normalized spacial score (nSPS) is 10.4. The number of nitrogens with zero attached hydrogens (tertiary/aromatic N) is 1. The van der Waals surface area contributed by atoms with Gasteiger partial charge in [0.25, 0.3) is 5.69 Å². The number of anilines is 1. The first-order chi connectivity index (χ1) is 9.59. The maximum atomic E-state index is 13.4. The smallest absolute Gasteiger partial charge is 0.292 e. The van der Waals surface area contributed by atoms with Gasteiger partial charge in [-0.3, -0.25) is 10.1 Å². The van der Waals surface area contributed by atoms with Crippen LogP contribution in [0, 0.1) is 15.9 Å². The van der Waals surface area contributed by atoms with Gasteiger partial charge in [-0.15, -0.1) is 0 Å². The van der Waals surface area contributed by atoms with E-state index >= 15 is 0 Å². The second kappa shape index (κ2) is 6.12. The molecule has 0 aliphatic rings. The molecule has 2 aromatic carbocycles. The van der Waals surface area contributed by atoms with Crippen molar-refractivity contribution in [3.8, 4) is 0 Å². The predicted molar refractivity (Wildman–Crippen MR) is 72.4 cm³/mol. The average molecular weight is 276 g/mol. The number of nitrogens with two attached hydrogens (primary N) is 1. The fourth-order valence-corrected chi connectivity index (χ4v) is 1.77. The molecular weight excluding hydrogens is 263 g/mol. The standard InChI is InChI=1S/C14H13FN2O3/c15-12-6-2-1-4-10(12)8-20-9-11-5-3-7-13(14(11)16)17(18)19/h1-7H,8-9,16H2. The van der Waals surface area contributed by atoms with E-state index in [0.717, 1.165) is 0 Å². The maximum absolute atomic E-state index is 13.4. The van der Waals surface area contributed by atoms with Crippen LogP contribution < -0.4 is 5.73 Å². The van der Waals surface area contributed by atoms with Gasteiger partial charge in [0.05, 0.1) is 18.1 Å². The van der Waals surface area contributed by atoms with Crippen molar-refractivity contribution in [2.24, 2.45) is 0 Å². The number of nitrogen functional groups attached to an aromatic ring is 1. The van der Waals surface area contributed by atoms with E-state index in [2.05, 4.69) is 0 Å².